The van der Waals surface area contributed by atoms with E-state index in [4.69, 9.17) is 10.5 Å². The lowest BCUT2D eigenvalue weighted by Crippen LogP contribution is -2.67. The summed E-state index contributed by atoms with van der Waals surface area (Å²) in [6.45, 7) is 15.5. The third kappa shape index (κ3) is 3.60. The highest BCUT2D eigenvalue weighted by atomic mass is 16.5. The van der Waals surface area contributed by atoms with Crippen LogP contribution in [-0.2, 0) is 4.74 Å². The van der Waals surface area contributed by atoms with Gasteiger partial charge in [0.05, 0.1) is 12.7 Å². The van der Waals surface area contributed by atoms with Crippen molar-refractivity contribution in [1.82, 2.24) is 0 Å². The SMILES string of the molecule is CC[C@@H]1CC[C@]2(N)CC[C@]3(C)[C@H](CC[C@@H]4[C@@]5(C)CC=C(c6ccc(C(=O)OC)cc6)C(C)(C)[C@@H]5CC[C@]43C)[C@@H]12. The lowest BCUT2D eigenvalue weighted by atomic mass is 9.33. The van der Waals surface area contributed by atoms with Gasteiger partial charge in [-0.3, -0.25) is 0 Å². The number of rotatable bonds is 3. The molecule has 0 bridgehead atoms. The molecule has 0 saturated heterocycles. The summed E-state index contributed by atoms with van der Waals surface area (Å²) in [5.74, 6) is 3.51. The van der Waals surface area contributed by atoms with Crippen molar-refractivity contribution in [3.05, 3.63) is 41.5 Å². The molecule has 0 amide bonds. The average molecular weight is 532 g/mol. The molecule has 0 spiro atoms. The van der Waals surface area contributed by atoms with Crippen LogP contribution in [0.25, 0.3) is 5.57 Å². The van der Waals surface area contributed by atoms with Crippen LogP contribution in [0.2, 0.25) is 0 Å². The molecule has 1 aromatic rings. The highest BCUT2D eigenvalue weighted by Crippen LogP contribution is 2.76. The number of hydrogen-bond acceptors (Lipinski definition) is 3. The summed E-state index contributed by atoms with van der Waals surface area (Å²) < 4.78 is 4.93. The van der Waals surface area contributed by atoms with Gasteiger partial charge in [-0.1, -0.05) is 66.2 Å². The number of ether oxygens (including phenoxy) is 1. The number of hydrogen-bond donors (Lipinski definition) is 1. The number of fused-ring (bicyclic) bond motifs is 7. The molecule has 0 radical (unpaired) electrons. The molecule has 0 unspecified atom stereocenters. The van der Waals surface area contributed by atoms with E-state index in [1.807, 2.05) is 12.1 Å². The van der Waals surface area contributed by atoms with Gasteiger partial charge in [-0.2, -0.15) is 0 Å². The molecule has 9 atom stereocenters. The molecule has 5 aliphatic carbocycles. The van der Waals surface area contributed by atoms with Gasteiger partial charge >= 0.3 is 5.97 Å². The van der Waals surface area contributed by atoms with Gasteiger partial charge < -0.3 is 10.5 Å². The zero-order valence-corrected chi connectivity index (χ0v) is 25.7. The lowest BCUT2D eigenvalue weighted by Gasteiger charge is -2.72. The van der Waals surface area contributed by atoms with Gasteiger partial charge in [0, 0.05) is 5.54 Å². The Kier molecular flexibility index (Phi) is 6.32. The number of nitrogens with two attached hydrogens (primary N) is 1. The van der Waals surface area contributed by atoms with Gasteiger partial charge in [-0.05, 0) is 132 Å². The van der Waals surface area contributed by atoms with Gasteiger partial charge in [0.15, 0.2) is 0 Å². The Morgan fingerprint density at radius 1 is 0.897 bits per heavy atom. The number of allylic oxidation sites excluding steroid dienone is 2. The summed E-state index contributed by atoms with van der Waals surface area (Å²) in [5, 5.41) is 0. The first-order valence-electron chi connectivity index (χ1n) is 16.0. The van der Waals surface area contributed by atoms with Crippen molar-refractivity contribution in [3.63, 3.8) is 0 Å². The zero-order valence-electron chi connectivity index (χ0n) is 25.7. The molecule has 2 N–H and O–H groups in total. The number of carbonyl (C=O) groups excluding carboxylic acids is 1. The van der Waals surface area contributed by atoms with Crippen LogP contribution < -0.4 is 5.73 Å². The topological polar surface area (TPSA) is 52.3 Å². The van der Waals surface area contributed by atoms with E-state index in [1.165, 1.54) is 76.0 Å². The molecule has 4 fully saturated rings. The Morgan fingerprint density at radius 3 is 2.28 bits per heavy atom. The third-order valence-corrected chi connectivity index (χ3v) is 14.4. The van der Waals surface area contributed by atoms with E-state index in [0.29, 0.717) is 27.7 Å². The van der Waals surface area contributed by atoms with Gasteiger partial charge in [-0.25, -0.2) is 4.79 Å². The summed E-state index contributed by atoms with van der Waals surface area (Å²) in [4.78, 5) is 12.0. The van der Waals surface area contributed by atoms with Crippen molar-refractivity contribution in [2.75, 3.05) is 7.11 Å². The Balaban J connectivity index is 1.34. The van der Waals surface area contributed by atoms with Crippen molar-refractivity contribution in [1.29, 1.82) is 0 Å². The molecular formula is C36H53NO2. The van der Waals surface area contributed by atoms with E-state index in [9.17, 15) is 4.79 Å². The van der Waals surface area contributed by atoms with Crippen LogP contribution >= 0.6 is 0 Å². The second kappa shape index (κ2) is 8.94. The average Bonchev–Trinajstić information content (AvgIpc) is 3.25. The largest absolute Gasteiger partial charge is 0.465 e. The van der Waals surface area contributed by atoms with Crippen LogP contribution in [0.15, 0.2) is 30.3 Å². The van der Waals surface area contributed by atoms with Crippen LogP contribution in [0, 0.1) is 51.2 Å². The van der Waals surface area contributed by atoms with Gasteiger partial charge in [0.1, 0.15) is 0 Å². The predicted molar refractivity (Wildman–Crippen MR) is 160 cm³/mol. The Hall–Kier alpha value is -1.61. The lowest BCUT2D eigenvalue weighted by molar-refractivity contribution is -0.218. The van der Waals surface area contributed by atoms with Crippen LogP contribution in [0.5, 0.6) is 0 Å². The molecule has 4 saturated carbocycles. The summed E-state index contributed by atoms with van der Waals surface area (Å²) >= 11 is 0. The van der Waals surface area contributed by atoms with Crippen molar-refractivity contribution in [3.8, 4) is 0 Å². The van der Waals surface area contributed by atoms with Gasteiger partial charge in [0.2, 0.25) is 0 Å². The van der Waals surface area contributed by atoms with Crippen molar-refractivity contribution < 1.29 is 9.53 Å². The van der Waals surface area contributed by atoms with Crippen LogP contribution in [0.4, 0.5) is 0 Å². The Labute approximate surface area is 237 Å². The molecule has 6 rings (SSSR count). The minimum absolute atomic E-state index is 0.0939. The van der Waals surface area contributed by atoms with E-state index in [-0.39, 0.29) is 16.9 Å². The third-order valence-electron chi connectivity index (χ3n) is 14.4. The zero-order chi connectivity index (χ0) is 28.0. The fourth-order valence-electron chi connectivity index (χ4n) is 12.3. The maximum Gasteiger partial charge on any atom is 0.337 e. The van der Waals surface area contributed by atoms with Gasteiger partial charge in [-0.15, -0.1) is 0 Å². The molecular weight excluding hydrogens is 478 g/mol. The highest BCUT2D eigenvalue weighted by molar-refractivity contribution is 5.89. The number of carbonyl (C=O) groups is 1. The van der Waals surface area contributed by atoms with Crippen LogP contribution in [0.1, 0.15) is 122 Å². The van der Waals surface area contributed by atoms with E-state index in [2.05, 4.69) is 59.8 Å². The minimum atomic E-state index is -0.265. The smallest absolute Gasteiger partial charge is 0.337 e. The summed E-state index contributed by atoms with van der Waals surface area (Å²) in [6.07, 6.45) is 15.6. The molecule has 0 heterocycles. The molecule has 1 aromatic carbocycles. The Morgan fingerprint density at radius 2 is 1.62 bits per heavy atom. The maximum atomic E-state index is 12.0. The van der Waals surface area contributed by atoms with Crippen molar-refractivity contribution in [2.45, 2.75) is 111 Å². The molecule has 39 heavy (non-hydrogen) atoms. The summed E-state index contributed by atoms with van der Waals surface area (Å²) in [6, 6.07) is 8.13. The summed E-state index contributed by atoms with van der Waals surface area (Å²) in [5.41, 5.74) is 11.9. The molecule has 214 valence electrons. The first-order chi connectivity index (χ1) is 18.4. The van der Waals surface area contributed by atoms with Crippen LogP contribution in [0.3, 0.4) is 0 Å². The summed E-state index contributed by atoms with van der Waals surface area (Å²) in [7, 11) is 1.45. The second-order valence-corrected chi connectivity index (χ2v) is 15.7. The first-order valence-corrected chi connectivity index (χ1v) is 16.0. The standard InChI is InChI=1S/C36H53NO2/c1-8-23-15-20-36(37)22-21-34(5)27(30(23)36)13-14-29-33(4)18-16-26(24-9-11-25(12-10-24)31(38)39-7)32(2,3)28(33)17-19-35(29,34)6/h9-12,16,23,27-30H,8,13-15,17-22,37H2,1-7H3/t23-,27-,28+,29-,30-,33+,34-,35-,36+/m1/s1. The van der Waals surface area contributed by atoms with E-state index >= 15 is 0 Å². The molecule has 0 aromatic heterocycles. The fourth-order valence-corrected chi connectivity index (χ4v) is 12.3. The van der Waals surface area contributed by atoms with Gasteiger partial charge in [0.25, 0.3) is 0 Å². The fraction of sp³-hybridized carbons (Fsp3) is 0.750. The van der Waals surface area contributed by atoms with Crippen LogP contribution in [-0.4, -0.2) is 18.6 Å². The maximum absolute atomic E-state index is 12.0. The van der Waals surface area contributed by atoms with Crippen molar-refractivity contribution >= 4 is 11.5 Å². The number of methoxy groups -OCH3 is 1. The number of esters is 1. The monoisotopic (exact) mass is 531 g/mol. The molecule has 5 aliphatic rings. The predicted octanol–water partition coefficient (Wildman–Crippen LogP) is 8.67. The van der Waals surface area contributed by atoms with E-state index in [1.54, 1.807) is 0 Å². The molecule has 0 aliphatic heterocycles. The molecule has 3 nitrogen and oxygen atoms in total. The number of benzene rings is 1. The normalized spacial score (nSPS) is 46.3. The minimum Gasteiger partial charge on any atom is -0.465 e. The highest BCUT2D eigenvalue weighted by Gasteiger charge is 2.69. The van der Waals surface area contributed by atoms with Crippen molar-refractivity contribution in [2.24, 2.45) is 57.0 Å². The van der Waals surface area contributed by atoms with E-state index < -0.39 is 0 Å². The second-order valence-electron chi connectivity index (χ2n) is 15.7. The Bertz CT molecular complexity index is 1170. The van der Waals surface area contributed by atoms with E-state index in [0.717, 1.165) is 30.1 Å². The quantitative estimate of drug-likeness (QED) is 0.397. The first kappa shape index (κ1) is 27.6. The molecule has 3 heteroatoms.